The molecule has 1 saturated heterocycles. The minimum Gasteiger partial charge on any atom is -0.366 e. The summed E-state index contributed by atoms with van der Waals surface area (Å²) in [5, 5.41) is 9.22. The Bertz CT molecular complexity index is 337. The molecule has 1 N–H and O–H groups in total. The number of ether oxygens (including phenoxy) is 1. The van der Waals surface area contributed by atoms with Crippen molar-refractivity contribution in [3.63, 3.8) is 0 Å². The van der Waals surface area contributed by atoms with Crippen LogP contribution in [-0.2, 0) is 11.2 Å². The first kappa shape index (κ1) is 10.3. The van der Waals surface area contributed by atoms with Gasteiger partial charge in [-0.25, -0.2) is 0 Å². The fourth-order valence-electron chi connectivity index (χ4n) is 1.76. The van der Waals surface area contributed by atoms with E-state index >= 15 is 0 Å². The number of benzene rings is 1. The van der Waals surface area contributed by atoms with Crippen molar-refractivity contribution in [1.82, 2.24) is 0 Å². The van der Waals surface area contributed by atoms with Gasteiger partial charge in [0.2, 0.25) is 0 Å². The fraction of sp³-hybridized carbons (Fsp3) is 0.417. The largest absolute Gasteiger partial charge is 0.366 e. The molecule has 1 heterocycles. The van der Waals surface area contributed by atoms with Gasteiger partial charge < -0.3 is 14.8 Å². The first-order valence-electron chi connectivity index (χ1n) is 5.11. The van der Waals surface area contributed by atoms with Crippen LogP contribution in [0.2, 0.25) is 0 Å². The maximum atomic E-state index is 9.22. The molecule has 1 aliphatic rings. The van der Waals surface area contributed by atoms with Gasteiger partial charge in [0.1, 0.15) is 6.10 Å². The molecule has 0 aliphatic carbocycles. The third-order valence-electron chi connectivity index (χ3n) is 2.58. The normalized spacial score (nSPS) is 26.8. The monoisotopic (exact) mass is 205 g/mol. The Balaban J connectivity index is 2.01. The quantitative estimate of drug-likeness (QED) is 0.594. The molecule has 1 fully saturated rings. The van der Waals surface area contributed by atoms with Crippen molar-refractivity contribution in [3.8, 4) is 0 Å². The van der Waals surface area contributed by atoms with Gasteiger partial charge in [-0.3, -0.25) is 0 Å². The number of hydrogen-bond donors (Lipinski definition) is 1. The highest BCUT2D eigenvalue weighted by Crippen LogP contribution is 2.28. The Morgan fingerprint density at radius 3 is 2.67 bits per heavy atom. The van der Waals surface area contributed by atoms with Crippen LogP contribution in [0.5, 0.6) is 0 Å². The molecule has 0 radical (unpaired) electrons. The Hall–Kier alpha value is -1.19. The second-order valence-electron chi connectivity index (χ2n) is 3.75. The van der Waals surface area contributed by atoms with Gasteiger partial charge in [0.15, 0.2) is 6.29 Å². The first-order chi connectivity index (χ1) is 7.31. The van der Waals surface area contributed by atoms with E-state index in [0.29, 0.717) is 0 Å². The zero-order valence-electron chi connectivity index (χ0n) is 8.71. The molecule has 0 saturated carbocycles. The van der Waals surface area contributed by atoms with Crippen LogP contribution in [0.15, 0.2) is 35.3 Å². The van der Waals surface area contributed by atoms with E-state index in [9.17, 15) is 5.11 Å². The van der Waals surface area contributed by atoms with Crippen molar-refractivity contribution in [2.75, 3.05) is 7.05 Å². The van der Waals surface area contributed by atoms with Crippen molar-refractivity contribution in [2.24, 2.45) is 10.9 Å². The number of rotatable bonds is 4. The van der Waals surface area contributed by atoms with Crippen molar-refractivity contribution in [1.29, 1.82) is 0 Å². The SMILES string of the molecule is CN=CC(Cc1ccccc1)C1OC1O. The third-order valence-corrected chi connectivity index (χ3v) is 2.58. The lowest BCUT2D eigenvalue weighted by Crippen LogP contribution is -2.15. The van der Waals surface area contributed by atoms with Crippen molar-refractivity contribution in [3.05, 3.63) is 35.9 Å². The van der Waals surface area contributed by atoms with Crippen molar-refractivity contribution >= 4 is 6.21 Å². The highest BCUT2D eigenvalue weighted by molar-refractivity contribution is 5.62. The predicted molar refractivity (Wildman–Crippen MR) is 58.9 cm³/mol. The molecule has 1 aromatic carbocycles. The summed E-state index contributed by atoms with van der Waals surface area (Å²) in [5.41, 5.74) is 1.24. The number of nitrogens with zero attached hydrogens (tertiary/aromatic N) is 1. The summed E-state index contributed by atoms with van der Waals surface area (Å²) in [6.45, 7) is 0. The zero-order chi connectivity index (χ0) is 10.7. The van der Waals surface area contributed by atoms with Crippen LogP contribution in [0.4, 0.5) is 0 Å². The third kappa shape index (κ3) is 2.64. The Morgan fingerprint density at radius 1 is 1.47 bits per heavy atom. The van der Waals surface area contributed by atoms with E-state index in [1.54, 1.807) is 7.05 Å². The van der Waals surface area contributed by atoms with Gasteiger partial charge in [-0.05, 0) is 12.0 Å². The molecule has 0 bridgehead atoms. The Morgan fingerprint density at radius 2 is 2.13 bits per heavy atom. The molecule has 2 rings (SSSR count). The van der Waals surface area contributed by atoms with E-state index in [1.165, 1.54) is 5.56 Å². The number of epoxide rings is 1. The van der Waals surface area contributed by atoms with E-state index < -0.39 is 6.29 Å². The fourth-order valence-corrected chi connectivity index (χ4v) is 1.76. The summed E-state index contributed by atoms with van der Waals surface area (Å²) in [6, 6.07) is 10.2. The van der Waals surface area contributed by atoms with Crippen molar-refractivity contribution in [2.45, 2.75) is 18.8 Å². The number of aliphatic hydroxyl groups is 1. The topological polar surface area (TPSA) is 45.1 Å². The standard InChI is InChI=1S/C12H15NO2/c1-13-8-10(11-12(14)15-11)7-9-5-3-2-4-6-9/h2-6,8,10-12,14H,7H2,1H3. The molecule has 15 heavy (non-hydrogen) atoms. The average molecular weight is 205 g/mol. The summed E-state index contributed by atoms with van der Waals surface area (Å²) >= 11 is 0. The van der Waals surface area contributed by atoms with Gasteiger partial charge in [-0.2, -0.15) is 0 Å². The molecule has 1 aliphatic heterocycles. The smallest absolute Gasteiger partial charge is 0.182 e. The minimum absolute atomic E-state index is 0.0751. The highest BCUT2D eigenvalue weighted by atomic mass is 16.7. The Labute approximate surface area is 89.4 Å². The molecule has 3 nitrogen and oxygen atoms in total. The lowest BCUT2D eigenvalue weighted by atomic mass is 9.97. The maximum Gasteiger partial charge on any atom is 0.182 e. The summed E-state index contributed by atoms with van der Waals surface area (Å²) in [7, 11) is 1.74. The molecule has 1 aromatic rings. The lowest BCUT2D eigenvalue weighted by molar-refractivity contribution is 0.155. The zero-order valence-corrected chi connectivity index (χ0v) is 8.71. The molecule has 80 valence electrons. The van der Waals surface area contributed by atoms with Crippen LogP contribution in [-0.4, -0.2) is 30.8 Å². The molecule has 3 atom stereocenters. The average Bonchev–Trinajstić information content (AvgIpc) is 2.97. The van der Waals surface area contributed by atoms with Crippen LogP contribution in [0.1, 0.15) is 5.56 Å². The van der Waals surface area contributed by atoms with Gasteiger partial charge in [-0.1, -0.05) is 30.3 Å². The van der Waals surface area contributed by atoms with E-state index in [4.69, 9.17) is 4.74 Å². The van der Waals surface area contributed by atoms with E-state index in [0.717, 1.165) is 6.42 Å². The minimum atomic E-state index is -0.600. The predicted octanol–water partition coefficient (Wildman–Crippen LogP) is 1.26. The van der Waals surface area contributed by atoms with Crippen LogP contribution >= 0.6 is 0 Å². The number of aliphatic hydroxyl groups excluding tert-OH is 1. The molecule has 3 unspecified atom stereocenters. The van der Waals surface area contributed by atoms with Crippen LogP contribution in [0.3, 0.4) is 0 Å². The molecule has 0 spiro atoms. The molecular formula is C12H15NO2. The molecular weight excluding hydrogens is 190 g/mol. The lowest BCUT2D eigenvalue weighted by Gasteiger charge is -2.08. The first-order valence-corrected chi connectivity index (χ1v) is 5.11. The van der Waals surface area contributed by atoms with Crippen molar-refractivity contribution < 1.29 is 9.84 Å². The molecule has 0 amide bonds. The second kappa shape index (κ2) is 4.55. The van der Waals surface area contributed by atoms with Crippen LogP contribution < -0.4 is 0 Å². The van der Waals surface area contributed by atoms with E-state index in [1.807, 2.05) is 24.4 Å². The maximum absolute atomic E-state index is 9.22. The summed E-state index contributed by atoms with van der Waals surface area (Å²) in [5.74, 6) is 0.174. The van der Waals surface area contributed by atoms with Gasteiger partial charge in [0.25, 0.3) is 0 Å². The summed E-state index contributed by atoms with van der Waals surface area (Å²) in [4.78, 5) is 4.01. The number of hydrogen-bond acceptors (Lipinski definition) is 3. The van der Waals surface area contributed by atoms with E-state index in [2.05, 4.69) is 17.1 Å². The van der Waals surface area contributed by atoms with Gasteiger partial charge >= 0.3 is 0 Å². The van der Waals surface area contributed by atoms with Gasteiger partial charge in [0.05, 0.1) is 0 Å². The summed E-state index contributed by atoms with van der Waals surface area (Å²) in [6.07, 6.45) is 2.04. The van der Waals surface area contributed by atoms with Crippen LogP contribution in [0, 0.1) is 5.92 Å². The molecule has 0 aromatic heterocycles. The molecule has 3 heteroatoms. The van der Waals surface area contributed by atoms with Gasteiger partial charge in [-0.15, -0.1) is 0 Å². The summed E-state index contributed by atoms with van der Waals surface area (Å²) < 4.78 is 5.07. The van der Waals surface area contributed by atoms with E-state index in [-0.39, 0.29) is 12.0 Å². The van der Waals surface area contributed by atoms with Gasteiger partial charge in [0, 0.05) is 19.2 Å². The second-order valence-corrected chi connectivity index (χ2v) is 3.75. The van der Waals surface area contributed by atoms with Crippen LogP contribution in [0.25, 0.3) is 0 Å². The number of aliphatic imine (C=N–C) groups is 1. The Kier molecular flexibility index (Phi) is 3.14. The highest BCUT2D eigenvalue weighted by Gasteiger charge is 2.42.